The molecule has 0 saturated heterocycles. The van der Waals surface area contributed by atoms with Crippen molar-refractivity contribution in [3.63, 3.8) is 0 Å². The van der Waals surface area contributed by atoms with E-state index in [1.54, 1.807) is 25.1 Å². The van der Waals surface area contributed by atoms with Crippen LogP contribution in [0.1, 0.15) is 37.0 Å². The summed E-state index contributed by atoms with van der Waals surface area (Å²) < 4.78 is 5.53. The van der Waals surface area contributed by atoms with Crippen LogP contribution in [0.15, 0.2) is 24.3 Å². The summed E-state index contributed by atoms with van der Waals surface area (Å²) in [7, 11) is 0. The predicted octanol–water partition coefficient (Wildman–Crippen LogP) is 1.98. The summed E-state index contributed by atoms with van der Waals surface area (Å²) in [6.07, 6.45) is 1.53. The van der Waals surface area contributed by atoms with E-state index in [0.29, 0.717) is 17.9 Å². The molecule has 1 aromatic carbocycles. The zero-order valence-corrected chi connectivity index (χ0v) is 11.0. The monoisotopic (exact) mass is 251 g/mol. The smallest absolute Gasteiger partial charge is 0.251 e. The number of aliphatic hydroxyl groups excluding tert-OH is 1. The second-order valence-corrected chi connectivity index (χ2v) is 4.29. The molecule has 0 aliphatic heterocycles. The van der Waals surface area contributed by atoms with Gasteiger partial charge in [0.15, 0.2) is 0 Å². The lowest BCUT2D eigenvalue weighted by atomic mass is 10.2. The molecule has 1 unspecified atom stereocenters. The zero-order chi connectivity index (χ0) is 13.4. The third-order valence-corrected chi connectivity index (χ3v) is 2.42. The van der Waals surface area contributed by atoms with Crippen LogP contribution in [-0.2, 0) is 0 Å². The Labute approximate surface area is 108 Å². The molecule has 4 nitrogen and oxygen atoms in total. The lowest BCUT2D eigenvalue weighted by molar-refractivity contribution is 0.0923. The Bertz CT molecular complexity index is 377. The van der Waals surface area contributed by atoms with Crippen molar-refractivity contribution in [2.24, 2.45) is 0 Å². The van der Waals surface area contributed by atoms with Crippen molar-refractivity contribution in [2.75, 3.05) is 13.2 Å². The van der Waals surface area contributed by atoms with Crippen molar-refractivity contribution in [3.8, 4) is 5.75 Å². The normalized spacial score (nSPS) is 11.9. The molecule has 4 heteroatoms. The molecule has 0 aliphatic rings. The number of carbonyl (C=O) groups excluding carboxylic acids is 1. The van der Waals surface area contributed by atoms with Gasteiger partial charge in [-0.25, -0.2) is 0 Å². The molecule has 0 spiro atoms. The second-order valence-electron chi connectivity index (χ2n) is 4.29. The molecule has 2 N–H and O–H groups in total. The van der Waals surface area contributed by atoms with Gasteiger partial charge in [-0.15, -0.1) is 0 Å². The van der Waals surface area contributed by atoms with E-state index in [4.69, 9.17) is 9.84 Å². The van der Waals surface area contributed by atoms with Gasteiger partial charge in [0.05, 0.1) is 12.7 Å². The molecule has 0 saturated carbocycles. The molecule has 0 bridgehead atoms. The number of ether oxygens (including phenoxy) is 1. The van der Waals surface area contributed by atoms with E-state index in [9.17, 15) is 4.79 Å². The van der Waals surface area contributed by atoms with Gasteiger partial charge in [-0.2, -0.15) is 0 Å². The van der Waals surface area contributed by atoms with Gasteiger partial charge in [-0.05, 0) is 31.5 Å². The minimum absolute atomic E-state index is 0.197. The summed E-state index contributed by atoms with van der Waals surface area (Å²) in [5.41, 5.74) is 0.546. The quantitative estimate of drug-likeness (QED) is 0.728. The summed E-state index contributed by atoms with van der Waals surface area (Å²) in [6, 6.07) is 7.07. The first-order valence-corrected chi connectivity index (χ1v) is 6.32. The number of unbranched alkanes of at least 4 members (excludes halogenated alkanes) is 1. The van der Waals surface area contributed by atoms with Crippen LogP contribution in [0.4, 0.5) is 0 Å². The number of aliphatic hydroxyl groups is 1. The summed E-state index contributed by atoms with van der Waals surface area (Å²) in [4.78, 5) is 11.8. The van der Waals surface area contributed by atoms with Crippen molar-refractivity contribution >= 4 is 5.91 Å². The van der Waals surface area contributed by atoms with Gasteiger partial charge < -0.3 is 15.2 Å². The van der Waals surface area contributed by atoms with Gasteiger partial charge in [-0.3, -0.25) is 4.79 Å². The van der Waals surface area contributed by atoms with Gasteiger partial charge in [0.1, 0.15) is 5.75 Å². The van der Waals surface area contributed by atoms with E-state index >= 15 is 0 Å². The number of rotatable bonds is 7. The third-order valence-electron chi connectivity index (χ3n) is 2.42. The topological polar surface area (TPSA) is 58.6 Å². The Morgan fingerprint density at radius 1 is 1.50 bits per heavy atom. The lowest BCUT2D eigenvalue weighted by Crippen LogP contribution is -2.30. The average molecular weight is 251 g/mol. The standard InChI is InChI=1S/C14H21NO3/c1-3-4-8-18-13-7-5-6-12(9-13)14(17)15-10-11(2)16/h5-7,9,11,16H,3-4,8,10H2,1-2H3,(H,15,17). The van der Waals surface area contributed by atoms with Gasteiger partial charge in [-0.1, -0.05) is 19.4 Å². The highest BCUT2D eigenvalue weighted by atomic mass is 16.5. The van der Waals surface area contributed by atoms with Crippen molar-refractivity contribution in [1.82, 2.24) is 5.32 Å². The molecule has 0 heterocycles. The Morgan fingerprint density at radius 3 is 2.94 bits per heavy atom. The Kier molecular flexibility index (Phi) is 6.22. The van der Waals surface area contributed by atoms with Crippen molar-refractivity contribution in [2.45, 2.75) is 32.8 Å². The second kappa shape index (κ2) is 7.71. The maximum Gasteiger partial charge on any atom is 0.251 e. The zero-order valence-electron chi connectivity index (χ0n) is 11.0. The Hall–Kier alpha value is -1.55. The molecule has 18 heavy (non-hydrogen) atoms. The van der Waals surface area contributed by atoms with Gasteiger partial charge in [0.25, 0.3) is 5.91 Å². The highest BCUT2D eigenvalue weighted by Gasteiger charge is 2.07. The summed E-state index contributed by atoms with van der Waals surface area (Å²) in [5.74, 6) is 0.505. The number of amides is 1. The number of nitrogens with one attached hydrogen (secondary N) is 1. The van der Waals surface area contributed by atoms with Crippen LogP contribution >= 0.6 is 0 Å². The summed E-state index contributed by atoms with van der Waals surface area (Å²) >= 11 is 0. The highest BCUT2D eigenvalue weighted by Crippen LogP contribution is 2.13. The number of carbonyl (C=O) groups is 1. The highest BCUT2D eigenvalue weighted by molar-refractivity contribution is 5.94. The van der Waals surface area contributed by atoms with Crippen LogP contribution in [0.2, 0.25) is 0 Å². The van der Waals surface area contributed by atoms with Gasteiger partial charge in [0.2, 0.25) is 0 Å². The van der Waals surface area contributed by atoms with Gasteiger partial charge in [0, 0.05) is 12.1 Å². The molecule has 100 valence electrons. The molecule has 0 aliphatic carbocycles. The van der Waals surface area contributed by atoms with E-state index in [2.05, 4.69) is 12.2 Å². The molecule has 0 radical (unpaired) electrons. The molecular formula is C14H21NO3. The largest absolute Gasteiger partial charge is 0.494 e. The Balaban J connectivity index is 2.55. The van der Waals surface area contributed by atoms with Crippen molar-refractivity contribution in [1.29, 1.82) is 0 Å². The molecule has 1 rings (SSSR count). The Morgan fingerprint density at radius 2 is 2.28 bits per heavy atom. The minimum atomic E-state index is -0.544. The van der Waals surface area contributed by atoms with Crippen LogP contribution in [0.5, 0.6) is 5.75 Å². The van der Waals surface area contributed by atoms with Crippen molar-refractivity contribution in [3.05, 3.63) is 29.8 Å². The van der Waals surface area contributed by atoms with Crippen LogP contribution in [0.25, 0.3) is 0 Å². The SMILES string of the molecule is CCCCOc1cccc(C(=O)NCC(C)O)c1. The fourth-order valence-corrected chi connectivity index (χ4v) is 1.40. The lowest BCUT2D eigenvalue weighted by Gasteiger charge is -2.09. The maximum atomic E-state index is 11.8. The molecule has 1 amide bonds. The van der Waals surface area contributed by atoms with E-state index in [1.165, 1.54) is 0 Å². The molecular weight excluding hydrogens is 230 g/mol. The molecule has 0 fully saturated rings. The number of hydrogen-bond acceptors (Lipinski definition) is 3. The maximum absolute atomic E-state index is 11.8. The third kappa shape index (κ3) is 5.19. The van der Waals surface area contributed by atoms with Gasteiger partial charge >= 0.3 is 0 Å². The van der Waals surface area contributed by atoms with E-state index in [0.717, 1.165) is 12.8 Å². The number of benzene rings is 1. The van der Waals surface area contributed by atoms with E-state index < -0.39 is 6.10 Å². The fourth-order valence-electron chi connectivity index (χ4n) is 1.40. The summed E-state index contributed by atoms with van der Waals surface area (Å²) in [5, 5.41) is 11.8. The summed E-state index contributed by atoms with van der Waals surface area (Å²) in [6.45, 7) is 4.64. The molecule has 1 aromatic rings. The fraction of sp³-hybridized carbons (Fsp3) is 0.500. The first kappa shape index (κ1) is 14.5. The number of hydrogen-bond donors (Lipinski definition) is 2. The first-order chi connectivity index (χ1) is 8.63. The average Bonchev–Trinajstić information content (AvgIpc) is 2.36. The van der Waals surface area contributed by atoms with E-state index in [1.807, 2.05) is 6.07 Å². The minimum Gasteiger partial charge on any atom is -0.494 e. The van der Waals surface area contributed by atoms with E-state index in [-0.39, 0.29) is 12.5 Å². The van der Waals surface area contributed by atoms with Crippen molar-refractivity contribution < 1.29 is 14.6 Å². The molecule has 1 atom stereocenters. The first-order valence-electron chi connectivity index (χ1n) is 6.32. The van der Waals surface area contributed by atoms with Crippen LogP contribution in [0, 0.1) is 0 Å². The predicted molar refractivity (Wildman–Crippen MR) is 70.9 cm³/mol. The van der Waals surface area contributed by atoms with Crippen LogP contribution in [0.3, 0.4) is 0 Å². The van der Waals surface area contributed by atoms with Crippen LogP contribution < -0.4 is 10.1 Å². The van der Waals surface area contributed by atoms with Crippen LogP contribution in [-0.4, -0.2) is 30.3 Å². The molecule has 0 aromatic heterocycles.